The molecule has 0 aliphatic rings. The monoisotopic (exact) mass is 410 g/mol. The van der Waals surface area contributed by atoms with Crippen LogP contribution in [0.5, 0.6) is 0 Å². The molecule has 0 unspecified atom stereocenters. The molecule has 0 fully saturated rings. The molecule has 0 saturated heterocycles. The lowest BCUT2D eigenvalue weighted by Gasteiger charge is -2.10. The molecule has 24 heavy (non-hydrogen) atoms. The lowest BCUT2D eigenvalue weighted by atomic mass is 10.1. The van der Waals surface area contributed by atoms with Gasteiger partial charge in [0.25, 0.3) is 11.6 Å². The van der Waals surface area contributed by atoms with Crippen molar-refractivity contribution in [2.75, 3.05) is 0 Å². The number of hydrogen-bond acceptors (Lipinski definition) is 5. The van der Waals surface area contributed by atoms with E-state index < -0.39 is 31.3 Å². The number of carbonyl (C=O) groups excluding carboxylic acids is 1. The molecule has 124 valence electrons. The number of halogens is 1. The summed E-state index contributed by atoms with van der Waals surface area (Å²) >= 11 is 3.13. The highest BCUT2D eigenvalue weighted by Gasteiger charge is 2.31. The largest absolute Gasteiger partial charge is 0.289 e. The molecule has 2 aromatic carbocycles. The van der Waals surface area contributed by atoms with E-state index in [2.05, 4.69) is 27.6 Å². The number of nitro groups is 1. The molecule has 0 aliphatic carbocycles. The molecule has 0 spiro atoms. The zero-order valence-electron chi connectivity index (χ0n) is 12.4. The Morgan fingerprint density at radius 1 is 1.25 bits per heavy atom. The molecule has 0 N–H and O–H groups in total. The van der Waals surface area contributed by atoms with Crippen LogP contribution < -0.4 is 0 Å². The predicted molar refractivity (Wildman–Crippen MR) is 91.3 cm³/mol. The van der Waals surface area contributed by atoms with Gasteiger partial charge in [0, 0.05) is 10.5 Å². The van der Waals surface area contributed by atoms with Crippen molar-refractivity contribution in [1.29, 1.82) is 0 Å². The Morgan fingerprint density at radius 3 is 2.42 bits per heavy atom. The SMILES string of the molecule is C=NC(=O)c1cc([N+](=O)[O-])c(S(=O)(=O)c2ccccc2Br)cc1C. The van der Waals surface area contributed by atoms with Crippen molar-refractivity contribution in [2.45, 2.75) is 16.7 Å². The average molecular weight is 411 g/mol. The molecule has 0 radical (unpaired) electrons. The van der Waals surface area contributed by atoms with Crippen LogP contribution in [0.2, 0.25) is 0 Å². The van der Waals surface area contributed by atoms with Gasteiger partial charge in [-0.3, -0.25) is 14.9 Å². The molecule has 2 aromatic rings. The average Bonchev–Trinajstić information content (AvgIpc) is 2.53. The zero-order valence-corrected chi connectivity index (χ0v) is 14.8. The lowest BCUT2D eigenvalue weighted by Crippen LogP contribution is -2.09. The van der Waals surface area contributed by atoms with E-state index in [1.807, 2.05) is 0 Å². The van der Waals surface area contributed by atoms with E-state index in [1.54, 1.807) is 6.07 Å². The molecule has 0 saturated carbocycles. The summed E-state index contributed by atoms with van der Waals surface area (Å²) in [5.41, 5.74) is -0.505. The summed E-state index contributed by atoms with van der Waals surface area (Å²) in [6, 6.07) is 8.01. The highest BCUT2D eigenvalue weighted by atomic mass is 79.9. The first-order valence-corrected chi connectivity index (χ1v) is 8.77. The van der Waals surface area contributed by atoms with Crippen LogP contribution in [0.25, 0.3) is 0 Å². The maximum absolute atomic E-state index is 12.8. The topological polar surface area (TPSA) is 107 Å². The minimum absolute atomic E-state index is 0.0669. The molecule has 1 amide bonds. The van der Waals surface area contributed by atoms with Gasteiger partial charge in [0.2, 0.25) is 9.84 Å². The van der Waals surface area contributed by atoms with E-state index in [0.29, 0.717) is 0 Å². The Kier molecular flexibility index (Phi) is 4.95. The van der Waals surface area contributed by atoms with Crippen LogP contribution in [0, 0.1) is 17.0 Å². The summed E-state index contributed by atoms with van der Waals surface area (Å²) < 4.78 is 25.9. The van der Waals surface area contributed by atoms with Crippen molar-refractivity contribution in [3.05, 3.63) is 62.1 Å². The van der Waals surface area contributed by atoms with E-state index in [-0.39, 0.29) is 20.5 Å². The van der Waals surface area contributed by atoms with Gasteiger partial charge in [0.15, 0.2) is 0 Å². The maximum Gasteiger partial charge on any atom is 0.289 e. The lowest BCUT2D eigenvalue weighted by molar-refractivity contribution is -0.387. The van der Waals surface area contributed by atoms with E-state index >= 15 is 0 Å². The number of amides is 1. The fraction of sp³-hybridized carbons (Fsp3) is 0.0667. The van der Waals surface area contributed by atoms with Gasteiger partial charge in [-0.1, -0.05) is 12.1 Å². The molecule has 0 aliphatic heterocycles. The van der Waals surface area contributed by atoms with Gasteiger partial charge < -0.3 is 0 Å². The van der Waals surface area contributed by atoms with E-state index in [0.717, 1.165) is 12.1 Å². The van der Waals surface area contributed by atoms with Crippen LogP contribution in [0.1, 0.15) is 15.9 Å². The first kappa shape index (κ1) is 18.0. The van der Waals surface area contributed by atoms with Gasteiger partial charge in [-0.15, -0.1) is 0 Å². The van der Waals surface area contributed by atoms with Gasteiger partial charge in [-0.2, -0.15) is 0 Å². The molecular formula is C15H11BrN2O5S. The Labute approximate surface area is 146 Å². The molecule has 9 heteroatoms. The minimum Gasteiger partial charge on any atom is -0.267 e. The third-order valence-corrected chi connectivity index (χ3v) is 6.09. The Balaban J connectivity index is 2.81. The number of hydrogen-bond donors (Lipinski definition) is 0. The third kappa shape index (κ3) is 3.13. The Morgan fingerprint density at radius 2 is 1.88 bits per heavy atom. The van der Waals surface area contributed by atoms with Gasteiger partial charge in [0.1, 0.15) is 4.90 Å². The van der Waals surface area contributed by atoms with Gasteiger partial charge in [-0.25, -0.2) is 13.4 Å². The van der Waals surface area contributed by atoms with Crippen LogP contribution >= 0.6 is 15.9 Å². The van der Waals surface area contributed by atoms with Gasteiger partial charge in [-0.05, 0) is 53.3 Å². The highest BCUT2D eigenvalue weighted by molar-refractivity contribution is 9.10. The van der Waals surface area contributed by atoms with Crippen molar-refractivity contribution in [3.63, 3.8) is 0 Å². The number of rotatable bonds is 4. The van der Waals surface area contributed by atoms with Crippen molar-refractivity contribution in [2.24, 2.45) is 4.99 Å². The van der Waals surface area contributed by atoms with Gasteiger partial charge in [0.05, 0.1) is 15.4 Å². The van der Waals surface area contributed by atoms with Gasteiger partial charge >= 0.3 is 0 Å². The zero-order chi connectivity index (χ0) is 18.1. The van der Waals surface area contributed by atoms with Crippen LogP contribution in [-0.4, -0.2) is 26.0 Å². The quantitative estimate of drug-likeness (QED) is 0.436. The standard InChI is InChI=1S/C15H11BrN2O5S/c1-9-7-14(12(18(20)21)8-10(9)15(19)17-2)24(22,23)13-6-4-3-5-11(13)16/h3-8H,2H2,1H3. The second-order valence-electron chi connectivity index (χ2n) is 4.79. The fourth-order valence-electron chi connectivity index (χ4n) is 2.12. The normalized spacial score (nSPS) is 11.1. The van der Waals surface area contributed by atoms with Crippen molar-refractivity contribution < 1.29 is 18.1 Å². The van der Waals surface area contributed by atoms with Crippen LogP contribution in [-0.2, 0) is 9.84 Å². The molecule has 0 aromatic heterocycles. The first-order valence-electron chi connectivity index (χ1n) is 6.50. The van der Waals surface area contributed by atoms with Crippen molar-refractivity contribution in [3.8, 4) is 0 Å². The third-order valence-electron chi connectivity index (χ3n) is 3.29. The summed E-state index contributed by atoms with van der Waals surface area (Å²) in [6.07, 6.45) is 0. The number of aliphatic imine (C=N–C) groups is 1. The van der Waals surface area contributed by atoms with E-state index in [4.69, 9.17) is 0 Å². The summed E-state index contributed by atoms with van der Waals surface area (Å²) in [4.78, 5) is 24.8. The second-order valence-corrected chi connectivity index (χ2v) is 7.53. The van der Waals surface area contributed by atoms with Crippen LogP contribution in [0.4, 0.5) is 5.69 Å². The summed E-state index contributed by atoms with van der Waals surface area (Å²) in [7, 11) is -4.16. The number of nitrogens with zero attached hydrogens (tertiary/aromatic N) is 2. The van der Waals surface area contributed by atoms with Crippen LogP contribution in [0.3, 0.4) is 0 Å². The van der Waals surface area contributed by atoms with Crippen molar-refractivity contribution >= 4 is 44.1 Å². The summed E-state index contributed by atoms with van der Waals surface area (Å²) in [5.74, 6) is -0.763. The number of aryl methyl sites for hydroxylation is 1. The Hall–Kier alpha value is -2.39. The smallest absolute Gasteiger partial charge is 0.267 e. The van der Waals surface area contributed by atoms with Crippen molar-refractivity contribution in [1.82, 2.24) is 0 Å². The Bertz CT molecular complexity index is 970. The van der Waals surface area contributed by atoms with E-state index in [1.165, 1.54) is 25.1 Å². The number of sulfone groups is 1. The molecule has 0 atom stereocenters. The number of nitro benzene ring substituents is 1. The molecule has 0 heterocycles. The fourth-order valence-corrected chi connectivity index (χ4v) is 4.61. The summed E-state index contributed by atoms with van der Waals surface area (Å²) in [5, 5.41) is 11.3. The minimum atomic E-state index is -4.16. The second kappa shape index (κ2) is 6.62. The molecule has 7 nitrogen and oxygen atoms in total. The maximum atomic E-state index is 12.8. The van der Waals surface area contributed by atoms with Crippen LogP contribution in [0.15, 0.2) is 55.7 Å². The summed E-state index contributed by atoms with van der Waals surface area (Å²) in [6.45, 7) is 4.56. The highest BCUT2D eigenvalue weighted by Crippen LogP contribution is 2.34. The number of carbonyl (C=O) groups is 1. The molecule has 2 rings (SSSR count). The predicted octanol–water partition coefficient (Wildman–Crippen LogP) is 3.34. The molecule has 0 bridgehead atoms. The first-order chi connectivity index (χ1) is 11.2. The number of benzene rings is 2. The molecular weight excluding hydrogens is 400 g/mol. The van der Waals surface area contributed by atoms with E-state index in [9.17, 15) is 23.3 Å².